The first kappa shape index (κ1) is 30.1. The highest BCUT2D eigenvalue weighted by atomic mass is 16.5. The lowest BCUT2D eigenvalue weighted by atomic mass is 10.2. The molecule has 0 fully saturated rings. The molecule has 0 saturated carbocycles. The van der Waals surface area contributed by atoms with Crippen LogP contribution in [0, 0.1) is 0 Å². The van der Waals surface area contributed by atoms with Gasteiger partial charge in [-0.05, 0) is 37.1 Å². The molecule has 0 heterocycles. The van der Waals surface area contributed by atoms with Crippen molar-refractivity contribution < 1.29 is 24.2 Å². The van der Waals surface area contributed by atoms with Crippen LogP contribution in [0.3, 0.4) is 0 Å². The van der Waals surface area contributed by atoms with E-state index in [9.17, 15) is 9.59 Å². The summed E-state index contributed by atoms with van der Waals surface area (Å²) >= 11 is 0. The number of carbonyl (C=O) groups is 2. The first-order valence-corrected chi connectivity index (χ1v) is 11.8. The van der Waals surface area contributed by atoms with Crippen LogP contribution in [0.5, 0.6) is 0 Å². The third-order valence-corrected chi connectivity index (χ3v) is 4.45. The molecule has 0 unspecified atom stereocenters. The lowest BCUT2D eigenvalue weighted by molar-refractivity contribution is 0.0497. The first-order valence-electron chi connectivity index (χ1n) is 11.8. The Morgan fingerprint density at radius 1 is 0.758 bits per heavy atom. The van der Waals surface area contributed by atoms with Gasteiger partial charge in [0.2, 0.25) is 0 Å². The normalized spacial score (nSPS) is 9.42. The van der Waals surface area contributed by atoms with E-state index in [1.54, 1.807) is 36.4 Å². The van der Waals surface area contributed by atoms with Crippen LogP contribution >= 0.6 is 0 Å². The Balaban J connectivity index is 0.000000501. The fourth-order valence-electron chi connectivity index (χ4n) is 2.61. The lowest BCUT2D eigenvalue weighted by Crippen LogP contribution is -2.06. The minimum Gasteiger partial charge on any atom is -0.462 e. The van der Waals surface area contributed by atoms with Crippen LogP contribution in [0.15, 0.2) is 73.5 Å². The summed E-state index contributed by atoms with van der Waals surface area (Å²) in [5.74, 6) is -0.590. The molecule has 0 amide bonds. The summed E-state index contributed by atoms with van der Waals surface area (Å²) in [6.45, 7) is 8.51. The molecule has 0 aliphatic heterocycles. The first-order chi connectivity index (χ1) is 16.1. The van der Waals surface area contributed by atoms with Crippen molar-refractivity contribution in [3.63, 3.8) is 0 Å². The summed E-state index contributed by atoms with van der Waals surface area (Å²) in [5.41, 5.74) is 1.17. The van der Waals surface area contributed by atoms with Gasteiger partial charge in [0.1, 0.15) is 0 Å². The number of aliphatic hydroxyl groups excluding tert-OH is 1. The summed E-state index contributed by atoms with van der Waals surface area (Å²) in [6.07, 6.45) is 10.3. The number of carbonyl (C=O) groups excluding carboxylic acids is 2. The zero-order valence-electron chi connectivity index (χ0n) is 20.2. The van der Waals surface area contributed by atoms with Gasteiger partial charge in [0.05, 0.1) is 24.0 Å². The van der Waals surface area contributed by atoms with Gasteiger partial charge in [-0.1, -0.05) is 95.3 Å². The van der Waals surface area contributed by atoms with E-state index >= 15 is 0 Å². The monoisotopic (exact) mass is 456 g/mol. The number of rotatable bonds is 12. The number of esters is 2. The Hall–Kier alpha value is -2.92. The summed E-state index contributed by atoms with van der Waals surface area (Å²) in [7, 11) is 0. The largest absolute Gasteiger partial charge is 0.462 e. The van der Waals surface area contributed by atoms with E-state index in [1.807, 2.05) is 24.3 Å². The minimum atomic E-state index is -0.374. The predicted octanol–water partition coefficient (Wildman–Crippen LogP) is 6.97. The fraction of sp³-hybridized carbons (Fsp3) is 0.429. The number of unbranched alkanes of at least 4 members (excludes halogenated alkanes) is 6. The molecule has 0 aromatic heterocycles. The summed E-state index contributed by atoms with van der Waals surface area (Å²) < 4.78 is 9.69. The molecule has 182 valence electrons. The van der Waals surface area contributed by atoms with Gasteiger partial charge >= 0.3 is 11.9 Å². The molecule has 33 heavy (non-hydrogen) atoms. The summed E-state index contributed by atoms with van der Waals surface area (Å²) in [5, 5.41) is 8.29. The van der Waals surface area contributed by atoms with E-state index in [2.05, 4.69) is 25.2 Å². The third-order valence-electron chi connectivity index (χ3n) is 4.45. The van der Waals surface area contributed by atoms with Crippen molar-refractivity contribution >= 4 is 11.9 Å². The van der Waals surface area contributed by atoms with Crippen LogP contribution in [0.4, 0.5) is 0 Å². The summed E-state index contributed by atoms with van der Waals surface area (Å²) in [6, 6.07) is 17.9. The molecule has 0 spiro atoms. The van der Waals surface area contributed by atoms with Gasteiger partial charge in [0, 0.05) is 6.61 Å². The Labute approximate surface area is 199 Å². The van der Waals surface area contributed by atoms with E-state index in [-0.39, 0.29) is 11.9 Å². The van der Waals surface area contributed by atoms with Crippen LogP contribution < -0.4 is 0 Å². The number of hydrogen-bond donors (Lipinski definition) is 1. The van der Waals surface area contributed by atoms with Crippen molar-refractivity contribution in [3.05, 3.63) is 84.6 Å². The molecular weight excluding hydrogens is 416 g/mol. The van der Waals surface area contributed by atoms with Crippen LogP contribution in [0.25, 0.3) is 0 Å². The van der Waals surface area contributed by atoms with Crippen molar-refractivity contribution in [1.29, 1.82) is 0 Å². The quantitative estimate of drug-likeness (QED) is 0.212. The van der Waals surface area contributed by atoms with Gasteiger partial charge in [-0.15, -0.1) is 0 Å². The van der Waals surface area contributed by atoms with Crippen molar-refractivity contribution in [2.24, 2.45) is 0 Å². The van der Waals surface area contributed by atoms with Crippen LogP contribution in [0.2, 0.25) is 0 Å². The average Bonchev–Trinajstić information content (AvgIpc) is 2.86. The Kier molecular flexibility index (Phi) is 20.3. The third kappa shape index (κ3) is 17.3. The molecule has 0 bridgehead atoms. The number of benzene rings is 2. The minimum absolute atomic E-state index is 0.216. The SMILES string of the molecule is C=COC(=O)c1ccccc1.CCCCCCO.CCCCCCOC(=O)c1ccccc1. The zero-order chi connectivity index (χ0) is 24.6. The van der Waals surface area contributed by atoms with E-state index in [0.717, 1.165) is 25.5 Å². The van der Waals surface area contributed by atoms with E-state index in [4.69, 9.17) is 9.84 Å². The van der Waals surface area contributed by atoms with Crippen LogP contribution in [-0.2, 0) is 9.47 Å². The highest BCUT2D eigenvalue weighted by Crippen LogP contribution is 2.04. The summed E-state index contributed by atoms with van der Waals surface area (Å²) in [4.78, 5) is 22.4. The Morgan fingerprint density at radius 2 is 1.24 bits per heavy atom. The van der Waals surface area contributed by atoms with Crippen LogP contribution in [-0.4, -0.2) is 30.3 Å². The predicted molar refractivity (Wildman–Crippen MR) is 134 cm³/mol. The lowest BCUT2D eigenvalue weighted by Gasteiger charge is -2.03. The van der Waals surface area contributed by atoms with Crippen LogP contribution in [0.1, 0.15) is 85.9 Å². The number of aliphatic hydroxyl groups is 1. The van der Waals surface area contributed by atoms with Crippen molar-refractivity contribution in [2.45, 2.75) is 65.2 Å². The molecule has 1 N–H and O–H groups in total. The van der Waals surface area contributed by atoms with Gasteiger partial charge in [-0.3, -0.25) is 0 Å². The Morgan fingerprint density at radius 3 is 1.70 bits per heavy atom. The number of ether oxygens (including phenoxy) is 2. The molecule has 0 aliphatic carbocycles. The zero-order valence-corrected chi connectivity index (χ0v) is 20.2. The molecule has 0 atom stereocenters. The fourth-order valence-corrected chi connectivity index (χ4v) is 2.61. The Bertz CT molecular complexity index is 724. The highest BCUT2D eigenvalue weighted by molar-refractivity contribution is 5.89. The maximum Gasteiger partial charge on any atom is 0.342 e. The second-order valence-electron chi connectivity index (χ2n) is 7.28. The van der Waals surface area contributed by atoms with E-state index in [0.29, 0.717) is 24.3 Å². The molecule has 2 aromatic carbocycles. The molecule has 0 aliphatic rings. The van der Waals surface area contributed by atoms with Gasteiger partial charge in [0.15, 0.2) is 0 Å². The van der Waals surface area contributed by atoms with Gasteiger partial charge < -0.3 is 14.6 Å². The topological polar surface area (TPSA) is 72.8 Å². The van der Waals surface area contributed by atoms with Crippen molar-refractivity contribution in [3.8, 4) is 0 Å². The molecule has 0 radical (unpaired) electrons. The molecule has 2 aromatic rings. The van der Waals surface area contributed by atoms with Crippen molar-refractivity contribution in [2.75, 3.05) is 13.2 Å². The molecular formula is C28H40O5. The maximum absolute atomic E-state index is 11.5. The highest BCUT2D eigenvalue weighted by Gasteiger charge is 2.04. The molecule has 5 nitrogen and oxygen atoms in total. The van der Waals surface area contributed by atoms with Gasteiger partial charge in [-0.2, -0.15) is 0 Å². The van der Waals surface area contributed by atoms with E-state index in [1.165, 1.54) is 32.1 Å². The second kappa shape index (κ2) is 22.3. The van der Waals surface area contributed by atoms with Gasteiger partial charge in [0.25, 0.3) is 0 Å². The smallest absolute Gasteiger partial charge is 0.342 e. The van der Waals surface area contributed by atoms with Crippen molar-refractivity contribution in [1.82, 2.24) is 0 Å². The van der Waals surface area contributed by atoms with E-state index < -0.39 is 0 Å². The molecule has 0 saturated heterocycles. The maximum atomic E-state index is 11.5. The number of hydrogen-bond acceptors (Lipinski definition) is 5. The molecule has 5 heteroatoms. The second-order valence-corrected chi connectivity index (χ2v) is 7.28. The van der Waals surface area contributed by atoms with Gasteiger partial charge in [-0.25, -0.2) is 9.59 Å². The standard InChI is InChI=1S/C13H18O2.C9H8O2.C6H14O/c1-2-3-4-8-11-15-13(14)12-9-6-5-7-10-12;1-2-11-9(10)8-6-4-3-5-7-8;1-2-3-4-5-6-7/h5-7,9-10H,2-4,8,11H2,1H3;2-7H,1H2;7H,2-6H2,1H3. The average molecular weight is 457 g/mol. The molecule has 2 rings (SSSR count).